The highest BCUT2D eigenvalue weighted by molar-refractivity contribution is 7.89. The number of piperazine rings is 1. The molecule has 30 heavy (non-hydrogen) atoms. The molecule has 5 rings (SSSR count). The molecule has 2 aromatic heterocycles. The number of rotatable bonds is 4. The highest BCUT2D eigenvalue weighted by atomic mass is 32.2. The van der Waals surface area contributed by atoms with Crippen molar-refractivity contribution in [3.8, 4) is 0 Å². The molecular formula is C20H23N5O4S. The van der Waals surface area contributed by atoms with Gasteiger partial charge < -0.3 is 9.42 Å². The minimum absolute atomic E-state index is 0.0167. The van der Waals surface area contributed by atoms with Crippen LogP contribution in [0.15, 0.2) is 51.2 Å². The smallest absolute Gasteiger partial charge is 0.261 e. The van der Waals surface area contributed by atoms with Gasteiger partial charge in [0.2, 0.25) is 10.0 Å². The normalized spacial score (nSPS) is 19.0. The number of nitrogens with zero attached hydrogens (tertiary/aromatic N) is 5. The third-order valence-corrected chi connectivity index (χ3v) is 7.98. The number of benzene rings is 1. The summed E-state index contributed by atoms with van der Waals surface area (Å²) in [6, 6.07) is 5.94. The van der Waals surface area contributed by atoms with Crippen molar-refractivity contribution in [2.24, 2.45) is 0 Å². The molecule has 0 radical (unpaired) electrons. The molecule has 1 aliphatic heterocycles. The molecule has 2 aliphatic rings. The van der Waals surface area contributed by atoms with Crippen LogP contribution in [0, 0.1) is 0 Å². The van der Waals surface area contributed by atoms with Gasteiger partial charge in [-0.05, 0) is 31.0 Å². The highest BCUT2D eigenvalue weighted by Gasteiger charge is 2.30. The Bertz CT molecular complexity index is 1210. The molecule has 0 unspecified atom stereocenters. The van der Waals surface area contributed by atoms with E-state index in [4.69, 9.17) is 0 Å². The van der Waals surface area contributed by atoms with E-state index in [-0.39, 0.29) is 16.5 Å². The molecule has 158 valence electrons. The van der Waals surface area contributed by atoms with Crippen LogP contribution >= 0.6 is 0 Å². The number of fused-ring (bicyclic) bond motifs is 1. The standard InChI is InChI=1S/C20H23N5O4S/c26-20-18-6-5-16(11-19(18)21-14-25(20)15-3-1-2-4-15)23-7-9-24(10-8-23)30(27,28)17-12-22-29-13-17/h5-6,11-15H,1-4,7-10H2. The van der Waals surface area contributed by atoms with E-state index in [1.54, 1.807) is 10.9 Å². The summed E-state index contributed by atoms with van der Waals surface area (Å²) in [5.41, 5.74) is 1.63. The molecule has 0 bridgehead atoms. The van der Waals surface area contributed by atoms with Crippen molar-refractivity contribution in [3.05, 3.63) is 47.3 Å². The second-order valence-electron chi connectivity index (χ2n) is 7.85. The maximum Gasteiger partial charge on any atom is 0.261 e. The van der Waals surface area contributed by atoms with E-state index >= 15 is 0 Å². The Morgan fingerprint density at radius 1 is 1.07 bits per heavy atom. The average Bonchev–Trinajstić information content (AvgIpc) is 3.48. The molecule has 0 N–H and O–H groups in total. The molecule has 9 nitrogen and oxygen atoms in total. The molecule has 1 saturated heterocycles. The summed E-state index contributed by atoms with van der Waals surface area (Å²) in [6.45, 7) is 1.83. The molecule has 3 aromatic rings. The maximum atomic E-state index is 12.9. The highest BCUT2D eigenvalue weighted by Crippen LogP contribution is 2.29. The minimum Gasteiger partial charge on any atom is -0.369 e. The van der Waals surface area contributed by atoms with Gasteiger partial charge in [-0.15, -0.1) is 0 Å². The Hall–Kier alpha value is -2.72. The molecule has 0 amide bonds. The van der Waals surface area contributed by atoms with E-state index in [1.807, 2.05) is 18.2 Å². The number of sulfonamides is 1. The van der Waals surface area contributed by atoms with Gasteiger partial charge in [0.25, 0.3) is 5.56 Å². The first kappa shape index (κ1) is 19.3. The van der Waals surface area contributed by atoms with Crippen LogP contribution < -0.4 is 10.5 Å². The zero-order chi connectivity index (χ0) is 20.7. The second-order valence-corrected chi connectivity index (χ2v) is 9.79. The van der Waals surface area contributed by atoms with Gasteiger partial charge in [0.15, 0.2) is 0 Å². The molecule has 1 aliphatic carbocycles. The van der Waals surface area contributed by atoms with Gasteiger partial charge in [-0.25, -0.2) is 13.4 Å². The van der Waals surface area contributed by atoms with Gasteiger partial charge in [0.05, 0.1) is 23.4 Å². The predicted molar refractivity (Wildman–Crippen MR) is 111 cm³/mol. The fourth-order valence-corrected chi connectivity index (χ4v) is 5.70. The van der Waals surface area contributed by atoms with Crippen LogP contribution in [0.5, 0.6) is 0 Å². The number of hydrogen-bond donors (Lipinski definition) is 0. The van der Waals surface area contributed by atoms with Crippen molar-refractivity contribution in [1.82, 2.24) is 19.0 Å². The lowest BCUT2D eigenvalue weighted by molar-refractivity contribution is 0.383. The average molecular weight is 430 g/mol. The third kappa shape index (κ3) is 3.29. The third-order valence-electron chi connectivity index (χ3n) is 6.14. The fourth-order valence-electron chi connectivity index (χ4n) is 4.42. The number of aromatic nitrogens is 3. The number of anilines is 1. The van der Waals surface area contributed by atoms with Gasteiger partial charge >= 0.3 is 0 Å². The Labute approximate surface area is 173 Å². The van der Waals surface area contributed by atoms with Crippen LogP contribution in [0.3, 0.4) is 0 Å². The molecular weight excluding hydrogens is 406 g/mol. The summed E-state index contributed by atoms with van der Waals surface area (Å²) in [5, 5.41) is 4.11. The van der Waals surface area contributed by atoms with Gasteiger partial charge in [-0.2, -0.15) is 4.31 Å². The van der Waals surface area contributed by atoms with E-state index in [2.05, 4.69) is 19.6 Å². The predicted octanol–water partition coefficient (Wildman–Crippen LogP) is 2.01. The van der Waals surface area contributed by atoms with Crippen molar-refractivity contribution < 1.29 is 12.9 Å². The Morgan fingerprint density at radius 3 is 2.53 bits per heavy atom. The molecule has 10 heteroatoms. The van der Waals surface area contributed by atoms with Crippen LogP contribution in [-0.4, -0.2) is 53.6 Å². The van der Waals surface area contributed by atoms with E-state index in [0.29, 0.717) is 37.1 Å². The van der Waals surface area contributed by atoms with Crippen molar-refractivity contribution in [3.63, 3.8) is 0 Å². The first-order chi connectivity index (χ1) is 14.5. The van der Waals surface area contributed by atoms with Crippen molar-refractivity contribution >= 4 is 26.6 Å². The Balaban J connectivity index is 1.35. The number of hydrogen-bond acceptors (Lipinski definition) is 7. The summed E-state index contributed by atoms with van der Waals surface area (Å²) in [5.74, 6) is 0. The zero-order valence-corrected chi connectivity index (χ0v) is 17.3. The minimum atomic E-state index is -3.58. The Morgan fingerprint density at radius 2 is 1.83 bits per heavy atom. The topological polar surface area (TPSA) is 102 Å². The van der Waals surface area contributed by atoms with Crippen LogP contribution in [0.25, 0.3) is 10.9 Å². The lowest BCUT2D eigenvalue weighted by atomic mass is 10.2. The van der Waals surface area contributed by atoms with Crippen LogP contribution in [0.4, 0.5) is 5.69 Å². The van der Waals surface area contributed by atoms with E-state index in [0.717, 1.165) is 37.6 Å². The fraction of sp³-hybridized carbons (Fsp3) is 0.450. The van der Waals surface area contributed by atoms with E-state index in [1.165, 1.54) is 10.5 Å². The monoisotopic (exact) mass is 429 g/mol. The van der Waals surface area contributed by atoms with E-state index in [9.17, 15) is 13.2 Å². The SMILES string of the molecule is O=c1c2ccc(N3CCN(S(=O)(=O)c4cnoc4)CC3)cc2ncn1C1CCCC1. The lowest BCUT2D eigenvalue weighted by Crippen LogP contribution is -2.48. The van der Waals surface area contributed by atoms with Crippen LogP contribution in [0.1, 0.15) is 31.7 Å². The van der Waals surface area contributed by atoms with Gasteiger partial charge in [-0.3, -0.25) is 9.36 Å². The first-order valence-corrected chi connectivity index (χ1v) is 11.6. The lowest BCUT2D eigenvalue weighted by Gasteiger charge is -2.35. The summed E-state index contributed by atoms with van der Waals surface area (Å²) >= 11 is 0. The van der Waals surface area contributed by atoms with E-state index < -0.39 is 10.0 Å². The summed E-state index contributed by atoms with van der Waals surface area (Å²) in [4.78, 5) is 19.6. The molecule has 1 aromatic carbocycles. The summed E-state index contributed by atoms with van der Waals surface area (Å²) in [6.07, 6.45) is 8.43. The maximum absolute atomic E-state index is 12.9. The zero-order valence-electron chi connectivity index (χ0n) is 16.5. The second kappa shape index (κ2) is 7.51. The van der Waals surface area contributed by atoms with Gasteiger partial charge in [-0.1, -0.05) is 18.0 Å². The summed E-state index contributed by atoms with van der Waals surface area (Å²) < 4.78 is 33.1. The van der Waals surface area contributed by atoms with Crippen LogP contribution in [0.2, 0.25) is 0 Å². The Kier molecular flexibility index (Phi) is 4.82. The summed E-state index contributed by atoms with van der Waals surface area (Å²) in [7, 11) is -3.58. The largest absolute Gasteiger partial charge is 0.369 e. The van der Waals surface area contributed by atoms with Gasteiger partial charge in [0, 0.05) is 37.9 Å². The first-order valence-electron chi connectivity index (χ1n) is 10.2. The molecule has 2 fully saturated rings. The quantitative estimate of drug-likeness (QED) is 0.625. The van der Waals surface area contributed by atoms with Gasteiger partial charge in [0.1, 0.15) is 11.2 Å². The van der Waals surface area contributed by atoms with Crippen molar-refractivity contribution in [2.45, 2.75) is 36.6 Å². The molecule has 3 heterocycles. The molecule has 0 spiro atoms. The molecule has 1 saturated carbocycles. The van der Waals surface area contributed by atoms with Crippen molar-refractivity contribution in [1.29, 1.82) is 0 Å². The van der Waals surface area contributed by atoms with Crippen molar-refractivity contribution in [2.75, 3.05) is 31.1 Å². The molecule has 0 atom stereocenters. The van der Waals surface area contributed by atoms with Crippen LogP contribution in [-0.2, 0) is 10.0 Å².